The van der Waals surface area contributed by atoms with Gasteiger partial charge in [-0.2, -0.15) is 0 Å². The lowest BCUT2D eigenvalue weighted by atomic mass is 10.1. The topological polar surface area (TPSA) is 38.7 Å². The highest BCUT2D eigenvalue weighted by molar-refractivity contribution is 7.78. The van der Waals surface area contributed by atoms with Crippen LogP contribution in [0.2, 0.25) is 0 Å². The molecule has 0 aromatic rings. The molecule has 0 saturated carbocycles. The predicted octanol–water partition coefficient (Wildman–Crippen LogP) is 1.60. The first kappa shape index (κ1) is 11.0. The van der Waals surface area contributed by atoms with Crippen LogP contribution in [0, 0.1) is 0 Å². The molecule has 0 spiro atoms. The SMILES string of the molecule is C=CC(=O)OCC(C)(C)N=C=S. The zero-order valence-corrected chi connectivity index (χ0v) is 7.98. The number of rotatable bonds is 4. The van der Waals surface area contributed by atoms with Gasteiger partial charge in [0.15, 0.2) is 0 Å². The number of ether oxygens (including phenoxy) is 1. The summed E-state index contributed by atoms with van der Waals surface area (Å²) in [7, 11) is 0. The van der Waals surface area contributed by atoms with Gasteiger partial charge in [0.25, 0.3) is 0 Å². The molecule has 12 heavy (non-hydrogen) atoms. The quantitative estimate of drug-likeness (QED) is 0.289. The number of carbonyl (C=O) groups excluding carboxylic acids is 1. The van der Waals surface area contributed by atoms with Gasteiger partial charge in [-0.3, -0.25) is 0 Å². The van der Waals surface area contributed by atoms with E-state index in [1.807, 2.05) is 0 Å². The number of carbonyl (C=O) groups is 1. The maximum absolute atomic E-state index is 10.6. The van der Waals surface area contributed by atoms with Crippen LogP contribution in [0.1, 0.15) is 13.8 Å². The molecule has 0 bridgehead atoms. The Bertz CT molecular complexity index is 229. The highest BCUT2D eigenvalue weighted by Crippen LogP contribution is 2.08. The fourth-order valence-corrected chi connectivity index (χ4v) is 0.710. The molecule has 0 aromatic heterocycles. The standard InChI is InChI=1S/C8H11NO2S/c1-4-7(10)11-5-8(2,3)9-6-12/h4H,1,5H2,2-3H3. The van der Waals surface area contributed by atoms with Crippen molar-refractivity contribution in [1.82, 2.24) is 0 Å². The molecule has 0 aliphatic heterocycles. The number of hydrogen-bond donors (Lipinski definition) is 0. The molecule has 66 valence electrons. The van der Waals surface area contributed by atoms with Crippen LogP contribution in [0.3, 0.4) is 0 Å². The van der Waals surface area contributed by atoms with E-state index >= 15 is 0 Å². The molecule has 0 amide bonds. The zero-order valence-electron chi connectivity index (χ0n) is 7.16. The Balaban J connectivity index is 3.99. The van der Waals surface area contributed by atoms with E-state index in [0.717, 1.165) is 6.08 Å². The van der Waals surface area contributed by atoms with Crippen molar-refractivity contribution in [2.45, 2.75) is 19.4 Å². The van der Waals surface area contributed by atoms with Crippen LogP contribution in [0.15, 0.2) is 17.6 Å². The first-order valence-corrected chi connectivity index (χ1v) is 3.81. The van der Waals surface area contributed by atoms with E-state index in [4.69, 9.17) is 4.74 Å². The number of nitrogens with zero attached hydrogens (tertiary/aromatic N) is 1. The largest absolute Gasteiger partial charge is 0.460 e. The summed E-state index contributed by atoms with van der Waals surface area (Å²) in [5.74, 6) is -0.456. The molecule has 0 unspecified atom stereocenters. The Kier molecular flexibility index (Phi) is 4.40. The van der Waals surface area contributed by atoms with E-state index < -0.39 is 11.5 Å². The predicted molar refractivity (Wildman–Crippen MR) is 50.3 cm³/mol. The van der Waals surface area contributed by atoms with Crippen LogP contribution in [0.5, 0.6) is 0 Å². The van der Waals surface area contributed by atoms with E-state index in [2.05, 4.69) is 29.0 Å². The van der Waals surface area contributed by atoms with Crippen molar-refractivity contribution in [3.05, 3.63) is 12.7 Å². The first-order valence-electron chi connectivity index (χ1n) is 3.40. The minimum absolute atomic E-state index is 0.182. The van der Waals surface area contributed by atoms with Gasteiger partial charge in [0.2, 0.25) is 0 Å². The third-order valence-corrected chi connectivity index (χ3v) is 1.17. The second kappa shape index (κ2) is 4.80. The molecule has 0 aliphatic carbocycles. The number of hydrogen-bond acceptors (Lipinski definition) is 4. The number of isothiocyanates is 1. The summed E-state index contributed by atoms with van der Waals surface area (Å²) in [5, 5.41) is 2.24. The van der Waals surface area contributed by atoms with Gasteiger partial charge in [-0.15, -0.1) is 0 Å². The van der Waals surface area contributed by atoms with Gasteiger partial charge < -0.3 is 4.74 Å². The average Bonchev–Trinajstić information content (AvgIpc) is 2.00. The molecule has 0 heterocycles. The lowest BCUT2D eigenvalue weighted by Crippen LogP contribution is -2.25. The van der Waals surface area contributed by atoms with Gasteiger partial charge in [-0.1, -0.05) is 6.58 Å². The molecular formula is C8H11NO2S. The van der Waals surface area contributed by atoms with E-state index in [9.17, 15) is 4.79 Å². The van der Waals surface area contributed by atoms with Crippen LogP contribution in [0.4, 0.5) is 0 Å². The maximum Gasteiger partial charge on any atom is 0.330 e. The second-order valence-electron chi connectivity index (χ2n) is 2.83. The van der Waals surface area contributed by atoms with Crippen molar-refractivity contribution in [3.63, 3.8) is 0 Å². The molecule has 0 aliphatic rings. The molecule has 0 aromatic carbocycles. The minimum atomic E-state index is -0.500. The van der Waals surface area contributed by atoms with Gasteiger partial charge in [0.1, 0.15) is 6.61 Å². The summed E-state index contributed by atoms with van der Waals surface area (Å²) in [6, 6.07) is 0. The molecule has 0 saturated heterocycles. The lowest BCUT2D eigenvalue weighted by Gasteiger charge is -2.16. The van der Waals surface area contributed by atoms with Gasteiger partial charge in [-0.25, -0.2) is 9.79 Å². The van der Waals surface area contributed by atoms with Crippen LogP contribution in [-0.2, 0) is 9.53 Å². The van der Waals surface area contributed by atoms with Gasteiger partial charge >= 0.3 is 5.97 Å². The molecule has 0 rings (SSSR count). The van der Waals surface area contributed by atoms with Crippen molar-refractivity contribution in [3.8, 4) is 0 Å². The van der Waals surface area contributed by atoms with Crippen LogP contribution < -0.4 is 0 Å². The molecule has 0 radical (unpaired) electrons. The van der Waals surface area contributed by atoms with Gasteiger partial charge in [0, 0.05) is 6.08 Å². The van der Waals surface area contributed by atoms with Crippen molar-refractivity contribution in [2.24, 2.45) is 4.99 Å². The summed E-state index contributed by atoms with van der Waals surface area (Å²) in [6.45, 7) is 7.04. The van der Waals surface area contributed by atoms with Gasteiger partial charge in [-0.05, 0) is 26.1 Å². The van der Waals surface area contributed by atoms with E-state index in [0.29, 0.717) is 0 Å². The Hall–Kier alpha value is -0.990. The Labute approximate surface area is 77.1 Å². The van der Waals surface area contributed by atoms with Crippen molar-refractivity contribution in [2.75, 3.05) is 6.61 Å². The molecule has 0 atom stereocenters. The first-order chi connectivity index (χ1) is 5.52. The van der Waals surface area contributed by atoms with E-state index in [-0.39, 0.29) is 6.61 Å². The zero-order chi connectivity index (χ0) is 9.61. The lowest BCUT2D eigenvalue weighted by molar-refractivity contribution is -0.139. The minimum Gasteiger partial charge on any atom is -0.460 e. The fourth-order valence-electron chi connectivity index (χ4n) is 0.463. The smallest absolute Gasteiger partial charge is 0.330 e. The summed E-state index contributed by atoms with van der Waals surface area (Å²) < 4.78 is 4.77. The highest BCUT2D eigenvalue weighted by Gasteiger charge is 2.17. The van der Waals surface area contributed by atoms with Crippen molar-refractivity contribution >= 4 is 23.3 Å². The van der Waals surface area contributed by atoms with E-state index in [1.165, 1.54) is 0 Å². The number of thiocarbonyl (C=S) groups is 1. The Morgan fingerprint density at radius 1 is 1.83 bits per heavy atom. The highest BCUT2D eigenvalue weighted by atomic mass is 32.1. The summed E-state index contributed by atoms with van der Waals surface area (Å²) in [5.41, 5.74) is -0.500. The Morgan fingerprint density at radius 2 is 2.42 bits per heavy atom. The van der Waals surface area contributed by atoms with E-state index in [1.54, 1.807) is 13.8 Å². The molecule has 3 nitrogen and oxygen atoms in total. The molecule has 0 fully saturated rings. The van der Waals surface area contributed by atoms with Crippen molar-refractivity contribution < 1.29 is 9.53 Å². The van der Waals surface area contributed by atoms with Crippen LogP contribution >= 0.6 is 12.2 Å². The normalized spacial score (nSPS) is 9.83. The summed E-state index contributed by atoms with van der Waals surface area (Å²) in [4.78, 5) is 14.5. The second-order valence-corrected chi connectivity index (χ2v) is 3.01. The monoisotopic (exact) mass is 185 g/mol. The van der Waals surface area contributed by atoms with Crippen LogP contribution in [0.25, 0.3) is 0 Å². The maximum atomic E-state index is 10.6. The van der Waals surface area contributed by atoms with Gasteiger partial charge in [0.05, 0.1) is 10.7 Å². The number of esters is 1. The number of aliphatic imine (C=N–C) groups is 1. The van der Waals surface area contributed by atoms with Crippen LogP contribution in [-0.4, -0.2) is 23.3 Å². The third-order valence-electron chi connectivity index (χ3n) is 1.08. The average molecular weight is 185 g/mol. The molecule has 0 N–H and O–H groups in total. The van der Waals surface area contributed by atoms with Crippen molar-refractivity contribution in [1.29, 1.82) is 0 Å². The fraction of sp³-hybridized carbons (Fsp3) is 0.500. The molecule has 4 heteroatoms. The third kappa shape index (κ3) is 4.77. The summed E-state index contributed by atoms with van der Waals surface area (Å²) >= 11 is 4.43. The molecular weight excluding hydrogens is 174 g/mol. The Morgan fingerprint density at radius 3 is 2.83 bits per heavy atom. The summed E-state index contributed by atoms with van der Waals surface area (Å²) in [6.07, 6.45) is 1.11.